The summed E-state index contributed by atoms with van der Waals surface area (Å²) in [7, 11) is 0. The Morgan fingerprint density at radius 2 is 1.92 bits per heavy atom. The van der Waals surface area contributed by atoms with Crippen molar-refractivity contribution in [2.45, 2.75) is 52.7 Å². The van der Waals surface area contributed by atoms with Crippen molar-refractivity contribution in [1.82, 2.24) is 0 Å². The molecule has 0 saturated heterocycles. The molecule has 0 bridgehead atoms. The molecule has 0 saturated carbocycles. The zero-order chi connectivity index (χ0) is 9.07. The summed E-state index contributed by atoms with van der Waals surface area (Å²) in [4.78, 5) is 4.29. The van der Waals surface area contributed by atoms with Crippen molar-refractivity contribution in [3.8, 4) is 0 Å². The van der Waals surface area contributed by atoms with E-state index in [0.717, 1.165) is 12.1 Å². The van der Waals surface area contributed by atoms with Crippen molar-refractivity contribution in [2.24, 2.45) is 4.99 Å². The van der Waals surface area contributed by atoms with E-state index in [2.05, 4.69) is 4.99 Å². The Labute approximate surface area is 106 Å². The number of hydrogen-bond acceptors (Lipinski definition) is 2. The van der Waals surface area contributed by atoms with Crippen LogP contribution in [0.25, 0.3) is 0 Å². The average molecular weight is 320 g/mol. The summed E-state index contributed by atoms with van der Waals surface area (Å²) in [6.07, 6.45) is 0.717. The molecular formula is C9H19DyNO. The van der Waals surface area contributed by atoms with Crippen LogP contribution in [0.2, 0.25) is 0 Å². The van der Waals surface area contributed by atoms with Gasteiger partial charge in [-0.3, -0.25) is 4.99 Å². The van der Waals surface area contributed by atoms with Gasteiger partial charge >= 0.3 is 0 Å². The van der Waals surface area contributed by atoms with Crippen LogP contribution in [0.3, 0.4) is 0 Å². The van der Waals surface area contributed by atoms with E-state index < -0.39 is 5.60 Å². The molecule has 0 aliphatic heterocycles. The van der Waals surface area contributed by atoms with Gasteiger partial charge in [-0.25, -0.2) is 0 Å². The Kier molecular flexibility index (Phi) is 8.16. The van der Waals surface area contributed by atoms with Gasteiger partial charge in [0.15, 0.2) is 0 Å². The van der Waals surface area contributed by atoms with Gasteiger partial charge in [-0.1, -0.05) is 6.92 Å². The largest absolute Gasteiger partial charge is 0.384 e. The van der Waals surface area contributed by atoms with Gasteiger partial charge in [-0.05, 0) is 34.1 Å². The van der Waals surface area contributed by atoms with Gasteiger partial charge in [-0.15, -0.1) is 0 Å². The molecule has 0 fully saturated rings. The number of hydrogen-bond donors (Lipinski definition) is 1. The Hall–Kier alpha value is 0.903. The molecule has 3 heteroatoms. The van der Waals surface area contributed by atoms with Crippen LogP contribution in [-0.4, -0.2) is 22.5 Å². The smallest absolute Gasteiger partial charge is 0.0989 e. The summed E-state index contributed by atoms with van der Waals surface area (Å²) in [5, 5.41) is 9.71. The molecule has 76 valence electrons. The quantitative estimate of drug-likeness (QED) is 0.793. The Balaban J connectivity index is 0. The van der Waals surface area contributed by atoms with Crippen molar-refractivity contribution in [3.05, 3.63) is 0 Å². The van der Waals surface area contributed by atoms with E-state index in [1.165, 1.54) is 0 Å². The first-order valence-electron chi connectivity index (χ1n) is 4.17. The second kappa shape index (κ2) is 6.37. The zero-order valence-electron chi connectivity index (χ0n) is 8.50. The fraction of sp³-hybridized carbons (Fsp3) is 0.889. The number of aliphatic hydroxyl groups is 1. The molecule has 0 rings (SSSR count). The predicted molar refractivity (Wildman–Crippen MR) is 49.2 cm³/mol. The van der Waals surface area contributed by atoms with E-state index in [1.54, 1.807) is 6.92 Å². The minimum Gasteiger partial charge on any atom is -0.384 e. The van der Waals surface area contributed by atoms with Crippen LogP contribution >= 0.6 is 0 Å². The SMILES string of the molecule is CCC(C)(O)C(C)=NC(C)C.[Dy]. The van der Waals surface area contributed by atoms with Crippen LogP contribution in [0.15, 0.2) is 4.99 Å². The molecule has 0 amide bonds. The molecule has 0 aromatic rings. The van der Waals surface area contributed by atoms with Crippen molar-refractivity contribution in [1.29, 1.82) is 0 Å². The minimum atomic E-state index is -0.718. The molecule has 1 N–H and O–H groups in total. The third-order valence-corrected chi connectivity index (χ3v) is 1.92. The van der Waals surface area contributed by atoms with E-state index in [4.69, 9.17) is 0 Å². The molecule has 1 atom stereocenters. The third-order valence-electron chi connectivity index (χ3n) is 1.92. The number of aliphatic imine (C=N–C) groups is 1. The molecular weight excluding hydrogens is 301 g/mol. The predicted octanol–water partition coefficient (Wildman–Crippen LogP) is 2.02. The number of nitrogens with zero attached hydrogens (tertiary/aromatic N) is 1. The first kappa shape index (κ1) is 15.4. The molecule has 0 aromatic carbocycles. The van der Waals surface area contributed by atoms with E-state index in [-0.39, 0.29) is 44.2 Å². The summed E-state index contributed by atoms with van der Waals surface area (Å²) in [6.45, 7) is 9.65. The summed E-state index contributed by atoms with van der Waals surface area (Å²) < 4.78 is 0. The Morgan fingerprint density at radius 1 is 1.50 bits per heavy atom. The van der Waals surface area contributed by atoms with Crippen LogP contribution in [0.1, 0.15) is 41.0 Å². The fourth-order valence-corrected chi connectivity index (χ4v) is 0.782. The average Bonchev–Trinajstić information content (AvgIpc) is 1.86. The second-order valence-electron chi connectivity index (χ2n) is 3.44. The number of rotatable bonds is 3. The molecule has 1 unspecified atom stereocenters. The first-order chi connectivity index (χ1) is 4.90. The van der Waals surface area contributed by atoms with Gasteiger partial charge < -0.3 is 5.11 Å². The molecule has 0 aromatic heterocycles. The van der Waals surface area contributed by atoms with Crippen LogP contribution in [0.5, 0.6) is 0 Å². The standard InChI is InChI=1S/C9H19NO.Dy/c1-6-9(5,11)8(4)10-7(2)3;/h7,11H,6H2,1-5H3;. The van der Waals surface area contributed by atoms with Gasteiger partial charge in [0.25, 0.3) is 0 Å². The maximum Gasteiger partial charge on any atom is 0.0989 e. The van der Waals surface area contributed by atoms with Crippen molar-refractivity contribution < 1.29 is 43.3 Å². The van der Waals surface area contributed by atoms with Crippen LogP contribution < -0.4 is 0 Å². The summed E-state index contributed by atoms with van der Waals surface area (Å²) in [5.41, 5.74) is 0.111. The van der Waals surface area contributed by atoms with Crippen molar-refractivity contribution in [3.63, 3.8) is 0 Å². The molecule has 0 aliphatic rings. The second-order valence-corrected chi connectivity index (χ2v) is 3.44. The molecule has 12 heavy (non-hydrogen) atoms. The van der Waals surface area contributed by atoms with E-state index in [9.17, 15) is 5.11 Å². The van der Waals surface area contributed by atoms with E-state index >= 15 is 0 Å². The van der Waals surface area contributed by atoms with Gasteiger partial charge in [0, 0.05) is 49.9 Å². The van der Waals surface area contributed by atoms with Gasteiger partial charge in [0.1, 0.15) is 0 Å². The molecule has 2 nitrogen and oxygen atoms in total. The van der Waals surface area contributed by atoms with Gasteiger partial charge in [0.05, 0.1) is 5.60 Å². The van der Waals surface area contributed by atoms with Crippen LogP contribution in [-0.2, 0) is 0 Å². The normalized spacial score (nSPS) is 17.1. The topological polar surface area (TPSA) is 32.6 Å². The summed E-state index contributed by atoms with van der Waals surface area (Å²) in [5.74, 6) is 0. The first-order valence-corrected chi connectivity index (χ1v) is 4.17. The molecule has 0 aliphatic carbocycles. The van der Waals surface area contributed by atoms with E-state index in [1.807, 2.05) is 27.7 Å². The maximum atomic E-state index is 9.71. The summed E-state index contributed by atoms with van der Waals surface area (Å²) in [6, 6.07) is 0.271. The van der Waals surface area contributed by atoms with Crippen molar-refractivity contribution >= 4 is 5.71 Å². The van der Waals surface area contributed by atoms with Crippen molar-refractivity contribution in [2.75, 3.05) is 0 Å². The summed E-state index contributed by atoms with van der Waals surface area (Å²) >= 11 is 0. The Morgan fingerprint density at radius 3 is 2.17 bits per heavy atom. The zero-order valence-corrected chi connectivity index (χ0v) is 10.5. The van der Waals surface area contributed by atoms with Gasteiger partial charge in [0.2, 0.25) is 0 Å². The maximum absolute atomic E-state index is 9.71. The Bertz CT molecular complexity index is 153. The fourth-order valence-electron chi connectivity index (χ4n) is 0.782. The van der Waals surface area contributed by atoms with Crippen LogP contribution in [0.4, 0.5) is 0 Å². The molecule has 0 spiro atoms. The monoisotopic (exact) mass is 321 g/mol. The van der Waals surface area contributed by atoms with E-state index in [0.29, 0.717) is 0 Å². The molecule has 0 radical (unpaired) electrons. The van der Waals surface area contributed by atoms with Gasteiger partial charge in [-0.2, -0.15) is 0 Å². The minimum absolute atomic E-state index is 0. The van der Waals surface area contributed by atoms with Crippen LogP contribution in [0, 0.1) is 38.2 Å². The molecule has 0 heterocycles. The third kappa shape index (κ3) is 5.53.